The summed E-state index contributed by atoms with van der Waals surface area (Å²) in [5.41, 5.74) is 6.22. The molecule has 0 N–H and O–H groups in total. The molecule has 1 aliphatic carbocycles. The van der Waals surface area contributed by atoms with E-state index >= 15 is 0 Å². The van der Waals surface area contributed by atoms with E-state index in [2.05, 4.69) is 66.9 Å². The summed E-state index contributed by atoms with van der Waals surface area (Å²) in [4.78, 5) is 22.3. The van der Waals surface area contributed by atoms with Crippen LogP contribution in [0.2, 0.25) is 0 Å². The van der Waals surface area contributed by atoms with E-state index in [-0.39, 0.29) is 11.9 Å². The highest BCUT2D eigenvalue weighted by molar-refractivity contribution is 5.88. The standard InChI is InChI=1S/C30H37N5O2/c1-20-19-34(14-15-35(20)27(36)7-5-6-16-37-4)30-25(18-31)21(2)28(29(32-30)22-8-9-22)24-10-11-26-23(17-24)12-13-33(26)3/h10-13,17,20,22H,5-9,14-16,19H2,1-4H3/t20-/m1/s1. The first-order chi connectivity index (χ1) is 17.9. The Hall–Kier alpha value is -3.37. The molecule has 1 aromatic carbocycles. The summed E-state index contributed by atoms with van der Waals surface area (Å²) in [6.45, 7) is 6.89. The van der Waals surface area contributed by atoms with Crippen molar-refractivity contribution in [1.29, 1.82) is 5.26 Å². The summed E-state index contributed by atoms with van der Waals surface area (Å²) in [6, 6.07) is 11.2. The smallest absolute Gasteiger partial charge is 0.222 e. The predicted octanol–water partition coefficient (Wildman–Crippen LogP) is 5.15. The van der Waals surface area contributed by atoms with Gasteiger partial charge in [0.25, 0.3) is 0 Å². The Morgan fingerprint density at radius 2 is 2.03 bits per heavy atom. The van der Waals surface area contributed by atoms with Crippen molar-refractivity contribution in [3.05, 3.63) is 47.3 Å². The number of carbonyl (C=O) groups excluding carboxylic acids is 1. The molecule has 1 atom stereocenters. The molecule has 2 aromatic heterocycles. The van der Waals surface area contributed by atoms with Gasteiger partial charge in [0, 0.05) is 81.4 Å². The molecule has 3 aromatic rings. The van der Waals surface area contributed by atoms with Gasteiger partial charge in [-0.15, -0.1) is 0 Å². The van der Waals surface area contributed by atoms with E-state index in [9.17, 15) is 10.1 Å². The van der Waals surface area contributed by atoms with E-state index < -0.39 is 0 Å². The first kappa shape index (κ1) is 25.3. The number of piperazine rings is 1. The van der Waals surface area contributed by atoms with Gasteiger partial charge < -0.3 is 19.1 Å². The number of ether oxygens (including phenoxy) is 1. The van der Waals surface area contributed by atoms with Crippen molar-refractivity contribution < 1.29 is 9.53 Å². The highest BCUT2D eigenvalue weighted by Crippen LogP contribution is 2.47. The number of anilines is 1. The van der Waals surface area contributed by atoms with Crippen LogP contribution < -0.4 is 4.90 Å². The van der Waals surface area contributed by atoms with Crippen LogP contribution in [0.25, 0.3) is 22.0 Å². The zero-order valence-corrected chi connectivity index (χ0v) is 22.5. The molecular formula is C30H37N5O2. The number of amides is 1. The van der Waals surface area contributed by atoms with Crippen LogP contribution in [0.5, 0.6) is 0 Å². The summed E-state index contributed by atoms with van der Waals surface area (Å²) < 4.78 is 7.23. The lowest BCUT2D eigenvalue weighted by atomic mass is 9.92. The van der Waals surface area contributed by atoms with Gasteiger partial charge in [-0.05, 0) is 68.9 Å². The van der Waals surface area contributed by atoms with Gasteiger partial charge in [-0.2, -0.15) is 5.26 Å². The van der Waals surface area contributed by atoms with Crippen molar-refractivity contribution in [2.75, 3.05) is 38.3 Å². The Morgan fingerprint density at radius 3 is 2.73 bits per heavy atom. The quantitative estimate of drug-likeness (QED) is 0.401. The number of fused-ring (bicyclic) bond motifs is 1. The zero-order valence-electron chi connectivity index (χ0n) is 22.5. The normalized spacial score (nSPS) is 17.9. The molecule has 0 spiro atoms. The SMILES string of the molecule is COCCCCC(=O)N1CCN(c2nc(C3CC3)c(-c3ccc4c(ccn4C)c3)c(C)c2C#N)C[C@H]1C. The van der Waals surface area contributed by atoms with Gasteiger partial charge in [0.2, 0.25) is 5.91 Å². The predicted molar refractivity (Wildman–Crippen MR) is 147 cm³/mol. The van der Waals surface area contributed by atoms with Crippen LogP contribution in [-0.2, 0) is 16.6 Å². The molecule has 2 fully saturated rings. The number of aryl methyl sites for hydroxylation is 1. The summed E-state index contributed by atoms with van der Waals surface area (Å²) in [5, 5.41) is 11.5. The van der Waals surface area contributed by atoms with Gasteiger partial charge in [0.1, 0.15) is 11.9 Å². The summed E-state index contributed by atoms with van der Waals surface area (Å²) in [5.74, 6) is 1.43. The van der Waals surface area contributed by atoms with Crippen LogP contribution in [0.1, 0.15) is 61.8 Å². The lowest BCUT2D eigenvalue weighted by Gasteiger charge is -2.41. The maximum Gasteiger partial charge on any atom is 0.222 e. The van der Waals surface area contributed by atoms with Gasteiger partial charge >= 0.3 is 0 Å². The lowest BCUT2D eigenvalue weighted by Crippen LogP contribution is -2.54. The number of pyridine rings is 1. The third kappa shape index (κ3) is 4.95. The summed E-state index contributed by atoms with van der Waals surface area (Å²) in [7, 11) is 3.75. The number of aromatic nitrogens is 2. The van der Waals surface area contributed by atoms with Gasteiger partial charge in [-0.3, -0.25) is 4.79 Å². The molecule has 2 aliphatic rings. The Kier molecular flexibility index (Phi) is 7.21. The fourth-order valence-electron chi connectivity index (χ4n) is 5.71. The second-order valence-electron chi connectivity index (χ2n) is 10.6. The number of benzene rings is 1. The van der Waals surface area contributed by atoms with E-state index in [1.807, 2.05) is 4.90 Å². The van der Waals surface area contributed by atoms with Crippen LogP contribution in [0.15, 0.2) is 30.5 Å². The number of carbonyl (C=O) groups is 1. The maximum absolute atomic E-state index is 12.8. The van der Waals surface area contributed by atoms with Crippen LogP contribution in [0, 0.1) is 18.3 Å². The first-order valence-corrected chi connectivity index (χ1v) is 13.5. The maximum atomic E-state index is 12.8. The molecule has 37 heavy (non-hydrogen) atoms. The molecule has 7 heteroatoms. The molecule has 0 unspecified atom stereocenters. The van der Waals surface area contributed by atoms with Gasteiger partial charge in [0.15, 0.2) is 0 Å². The van der Waals surface area contributed by atoms with Crippen molar-refractivity contribution in [3.63, 3.8) is 0 Å². The van der Waals surface area contributed by atoms with E-state index in [0.29, 0.717) is 44.1 Å². The molecule has 3 heterocycles. The van der Waals surface area contributed by atoms with E-state index in [1.54, 1.807) is 7.11 Å². The van der Waals surface area contributed by atoms with E-state index in [4.69, 9.17) is 9.72 Å². The van der Waals surface area contributed by atoms with E-state index in [1.165, 1.54) is 10.9 Å². The van der Waals surface area contributed by atoms with Crippen molar-refractivity contribution in [1.82, 2.24) is 14.5 Å². The van der Waals surface area contributed by atoms with Gasteiger partial charge in [-0.1, -0.05) is 6.07 Å². The summed E-state index contributed by atoms with van der Waals surface area (Å²) >= 11 is 0. The highest BCUT2D eigenvalue weighted by atomic mass is 16.5. The molecular weight excluding hydrogens is 462 g/mol. The molecule has 5 rings (SSSR count). The Morgan fingerprint density at radius 1 is 1.22 bits per heavy atom. The van der Waals surface area contributed by atoms with Crippen molar-refractivity contribution >= 4 is 22.6 Å². The largest absolute Gasteiger partial charge is 0.385 e. The Bertz CT molecular complexity index is 1350. The number of hydrogen-bond acceptors (Lipinski definition) is 5. The molecule has 1 amide bonds. The number of nitrogens with zero attached hydrogens (tertiary/aromatic N) is 5. The van der Waals surface area contributed by atoms with Crippen molar-refractivity contribution in [3.8, 4) is 17.2 Å². The lowest BCUT2D eigenvalue weighted by molar-refractivity contribution is -0.133. The Labute approximate surface area is 219 Å². The number of unbranched alkanes of at least 4 members (excludes halogenated alkanes) is 1. The fraction of sp³-hybridized carbons (Fsp3) is 0.500. The minimum absolute atomic E-state index is 0.0712. The van der Waals surface area contributed by atoms with Crippen LogP contribution in [0.3, 0.4) is 0 Å². The molecule has 0 radical (unpaired) electrons. The van der Waals surface area contributed by atoms with E-state index in [0.717, 1.165) is 53.9 Å². The van der Waals surface area contributed by atoms with Gasteiger partial charge in [-0.25, -0.2) is 4.98 Å². The van der Waals surface area contributed by atoms with Crippen LogP contribution in [0.4, 0.5) is 5.82 Å². The number of rotatable bonds is 8. The summed E-state index contributed by atoms with van der Waals surface area (Å²) in [6.07, 6.45) is 6.66. The third-order valence-electron chi connectivity index (χ3n) is 7.94. The average Bonchev–Trinajstić information content (AvgIpc) is 3.68. The minimum Gasteiger partial charge on any atom is -0.385 e. The second-order valence-corrected chi connectivity index (χ2v) is 10.6. The van der Waals surface area contributed by atoms with Crippen LogP contribution >= 0.6 is 0 Å². The van der Waals surface area contributed by atoms with Crippen molar-refractivity contribution in [2.24, 2.45) is 7.05 Å². The minimum atomic E-state index is 0.0712. The monoisotopic (exact) mass is 499 g/mol. The molecule has 7 nitrogen and oxygen atoms in total. The first-order valence-electron chi connectivity index (χ1n) is 13.5. The fourth-order valence-corrected chi connectivity index (χ4v) is 5.71. The third-order valence-corrected chi connectivity index (χ3v) is 7.94. The molecule has 1 aliphatic heterocycles. The van der Waals surface area contributed by atoms with Crippen molar-refractivity contribution in [2.45, 2.75) is 57.9 Å². The topological polar surface area (TPSA) is 74.4 Å². The molecule has 1 saturated heterocycles. The number of hydrogen-bond donors (Lipinski definition) is 0. The Balaban J connectivity index is 1.44. The number of nitriles is 1. The highest BCUT2D eigenvalue weighted by Gasteiger charge is 2.34. The number of methoxy groups -OCH3 is 1. The molecule has 1 saturated carbocycles. The second kappa shape index (κ2) is 10.5. The molecule has 0 bridgehead atoms. The van der Waals surface area contributed by atoms with Gasteiger partial charge in [0.05, 0.1) is 11.3 Å². The average molecular weight is 500 g/mol. The van der Waals surface area contributed by atoms with Crippen LogP contribution in [-0.4, -0.2) is 59.8 Å². The zero-order chi connectivity index (χ0) is 26.1. The molecule has 194 valence electrons.